The van der Waals surface area contributed by atoms with Crippen molar-refractivity contribution in [2.75, 3.05) is 13.1 Å². The van der Waals surface area contributed by atoms with Gasteiger partial charge in [-0.3, -0.25) is 4.79 Å². The predicted octanol–water partition coefficient (Wildman–Crippen LogP) is -0.129. The van der Waals surface area contributed by atoms with Crippen molar-refractivity contribution in [3.63, 3.8) is 0 Å². The molecular formula is C9H16F2N2O2. The van der Waals surface area contributed by atoms with Crippen molar-refractivity contribution < 1.29 is 18.7 Å². The van der Waals surface area contributed by atoms with Crippen LogP contribution in [0.5, 0.6) is 0 Å². The van der Waals surface area contributed by atoms with E-state index in [4.69, 9.17) is 5.11 Å². The van der Waals surface area contributed by atoms with Gasteiger partial charge in [0.2, 0.25) is 5.91 Å². The van der Waals surface area contributed by atoms with Gasteiger partial charge in [-0.2, -0.15) is 0 Å². The summed E-state index contributed by atoms with van der Waals surface area (Å²) in [5.41, 5.74) is 0. The van der Waals surface area contributed by atoms with Crippen LogP contribution in [0, 0.1) is 0 Å². The zero-order chi connectivity index (χ0) is 11.3. The van der Waals surface area contributed by atoms with E-state index in [1.54, 1.807) is 0 Å². The summed E-state index contributed by atoms with van der Waals surface area (Å²) < 4.78 is 23.9. The maximum absolute atomic E-state index is 12.0. The minimum absolute atomic E-state index is 0.172. The molecule has 0 bridgehead atoms. The van der Waals surface area contributed by atoms with Crippen LogP contribution in [0.2, 0.25) is 0 Å². The van der Waals surface area contributed by atoms with Crippen molar-refractivity contribution in [2.24, 2.45) is 0 Å². The summed E-state index contributed by atoms with van der Waals surface area (Å²) in [5.74, 6) is -0.172. The lowest BCUT2D eigenvalue weighted by molar-refractivity contribution is -0.123. The third kappa shape index (κ3) is 4.09. The molecule has 2 atom stereocenters. The van der Waals surface area contributed by atoms with Gasteiger partial charge in [0.1, 0.15) is 6.10 Å². The topological polar surface area (TPSA) is 61.4 Å². The number of amides is 1. The summed E-state index contributed by atoms with van der Waals surface area (Å²) in [6.45, 7) is 0.379. The largest absolute Gasteiger partial charge is 0.386 e. The highest BCUT2D eigenvalue weighted by molar-refractivity contribution is 5.81. The Morgan fingerprint density at radius 1 is 1.53 bits per heavy atom. The maximum Gasteiger partial charge on any atom is 0.265 e. The number of nitrogens with one attached hydrogen (secondary N) is 2. The van der Waals surface area contributed by atoms with Crippen molar-refractivity contribution in [1.29, 1.82) is 0 Å². The van der Waals surface area contributed by atoms with Crippen LogP contribution in [0.15, 0.2) is 0 Å². The molecule has 1 heterocycles. The first-order valence-electron chi connectivity index (χ1n) is 5.08. The SMILES string of the molecule is O=C1NCCCCC1NCC(O)C(F)F. The number of alkyl halides is 2. The third-order valence-electron chi connectivity index (χ3n) is 2.40. The van der Waals surface area contributed by atoms with Crippen molar-refractivity contribution in [3.05, 3.63) is 0 Å². The second-order valence-corrected chi connectivity index (χ2v) is 3.65. The lowest BCUT2D eigenvalue weighted by atomic mass is 10.1. The van der Waals surface area contributed by atoms with Crippen LogP contribution >= 0.6 is 0 Å². The molecule has 1 fully saturated rings. The molecule has 1 aliphatic rings. The van der Waals surface area contributed by atoms with Crippen LogP contribution in [-0.4, -0.2) is 42.7 Å². The zero-order valence-electron chi connectivity index (χ0n) is 8.38. The Bertz CT molecular complexity index is 214. The van der Waals surface area contributed by atoms with Gasteiger partial charge in [-0.1, -0.05) is 0 Å². The molecule has 0 saturated carbocycles. The summed E-state index contributed by atoms with van der Waals surface area (Å²) >= 11 is 0. The van der Waals surface area contributed by atoms with Crippen molar-refractivity contribution >= 4 is 5.91 Å². The smallest absolute Gasteiger partial charge is 0.265 e. The van der Waals surface area contributed by atoms with Gasteiger partial charge in [-0.25, -0.2) is 8.78 Å². The van der Waals surface area contributed by atoms with E-state index in [1.165, 1.54) is 0 Å². The summed E-state index contributed by atoms with van der Waals surface area (Å²) in [6, 6.07) is -0.458. The molecule has 6 heteroatoms. The van der Waals surface area contributed by atoms with Gasteiger partial charge in [0, 0.05) is 13.1 Å². The molecule has 0 spiro atoms. The molecule has 3 N–H and O–H groups in total. The van der Waals surface area contributed by atoms with Crippen LogP contribution in [0.4, 0.5) is 8.78 Å². The highest BCUT2D eigenvalue weighted by Gasteiger charge is 2.23. The van der Waals surface area contributed by atoms with Crippen molar-refractivity contribution in [1.82, 2.24) is 10.6 Å². The average Bonchev–Trinajstić information content (AvgIpc) is 2.39. The molecular weight excluding hydrogens is 206 g/mol. The molecule has 1 amide bonds. The van der Waals surface area contributed by atoms with Gasteiger partial charge in [0.05, 0.1) is 6.04 Å². The quantitative estimate of drug-likeness (QED) is 0.621. The van der Waals surface area contributed by atoms with Crippen molar-refractivity contribution in [2.45, 2.75) is 37.8 Å². The Balaban J connectivity index is 2.32. The van der Waals surface area contributed by atoms with Gasteiger partial charge in [-0.15, -0.1) is 0 Å². The maximum atomic E-state index is 12.0. The third-order valence-corrected chi connectivity index (χ3v) is 2.40. The van der Waals surface area contributed by atoms with Crippen LogP contribution in [-0.2, 0) is 4.79 Å². The van der Waals surface area contributed by atoms with E-state index < -0.39 is 18.6 Å². The Labute approximate surface area is 87.0 Å². The number of hydrogen-bond donors (Lipinski definition) is 3. The van der Waals surface area contributed by atoms with Gasteiger partial charge in [0.25, 0.3) is 6.43 Å². The number of hydrogen-bond acceptors (Lipinski definition) is 3. The summed E-state index contributed by atoms with van der Waals surface area (Å²) in [4.78, 5) is 11.4. The predicted molar refractivity (Wildman–Crippen MR) is 50.7 cm³/mol. The minimum atomic E-state index is -2.77. The Morgan fingerprint density at radius 2 is 2.27 bits per heavy atom. The van der Waals surface area contributed by atoms with E-state index in [0.29, 0.717) is 13.0 Å². The van der Waals surface area contributed by atoms with Crippen LogP contribution in [0.25, 0.3) is 0 Å². The van der Waals surface area contributed by atoms with Gasteiger partial charge in [-0.05, 0) is 19.3 Å². The lowest BCUT2D eigenvalue weighted by Crippen LogP contribution is -2.46. The summed E-state index contributed by atoms with van der Waals surface area (Å²) in [6.07, 6.45) is -2.07. The van der Waals surface area contributed by atoms with Crippen LogP contribution in [0.1, 0.15) is 19.3 Å². The second-order valence-electron chi connectivity index (χ2n) is 3.65. The molecule has 0 aromatic carbocycles. The van der Waals surface area contributed by atoms with Gasteiger partial charge in [0.15, 0.2) is 0 Å². The fraction of sp³-hybridized carbons (Fsp3) is 0.889. The van der Waals surface area contributed by atoms with Gasteiger partial charge < -0.3 is 15.7 Å². The first-order valence-corrected chi connectivity index (χ1v) is 5.08. The number of rotatable bonds is 4. The van der Waals surface area contributed by atoms with E-state index in [2.05, 4.69) is 10.6 Å². The highest BCUT2D eigenvalue weighted by atomic mass is 19.3. The number of halogens is 2. The molecule has 1 aliphatic heterocycles. The highest BCUT2D eigenvalue weighted by Crippen LogP contribution is 2.06. The zero-order valence-corrected chi connectivity index (χ0v) is 8.38. The number of aliphatic hydroxyl groups is 1. The fourth-order valence-electron chi connectivity index (χ4n) is 1.49. The van der Waals surface area contributed by atoms with E-state index in [1.807, 2.05) is 0 Å². The lowest BCUT2D eigenvalue weighted by Gasteiger charge is -2.17. The van der Waals surface area contributed by atoms with Crippen LogP contribution in [0.3, 0.4) is 0 Å². The monoisotopic (exact) mass is 222 g/mol. The van der Waals surface area contributed by atoms with E-state index in [-0.39, 0.29) is 12.5 Å². The van der Waals surface area contributed by atoms with E-state index >= 15 is 0 Å². The molecule has 1 rings (SSSR count). The molecule has 0 aliphatic carbocycles. The van der Waals surface area contributed by atoms with E-state index in [9.17, 15) is 13.6 Å². The average molecular weight is 222 g/mol. The fourth-order valence-corrected chi connectivity index (χ4v) is 1.49. The molecule has 1 saturated heterocycles. The molecule has 0 radical (unpaired) electrons. The normalized spacial score (nSPS) is 24.8. The van der Waals surface area contributed by atoms with E-state index in [0.717, 1.165) is 12.8 Å². The van der Waals surface area contributed by atoms with Crippen LogP contribution < -0.4 is 10.6 Å². The van der Waals surface area contributed by atoms with Gasteiger partial charge >= 0.3 is 0 Å². The standard InChI is InChI=1S/C9H16F2N2O2/c10-8(11)7(14)5-13-6-3-1-2-4-12-9(6)15/h6-8,13-14H,1-5H2,(H,12,15). The summed E-state index contributed by atoms with van der Waals surface area (Å²) in [7, 11) is 0. The summed E-state index contributed by atoms with van der Waals surface area (Å²) in [5, 5.41) is 14.2. The number of carbonyl (C=O) groups is 1. The first-order chi connectivity index (χ1) is 7.11. The Morgan fingerprint density at radius 3 is 2.93 bits per heavy atom. The second kappa shape index (κ2) is 5.97. The number of carbonyl (C=O) groups excluding carboxylic acids is 1. The molecule has 88 valence electrons. The Hall–Kier alpha value is -0.750. The molecule has 2 unspecified atom stereocenters. The Kier molecular flexibility index (Phi) is 4.90. The number of aliphatic hydroxyl groups excluding tert-OH is 1. The molecule has 0 aromatic rings. The first kappa shape index (κ1) is 12.3. The minimum Gasteiger partial charge on any atom is -0.386 e. The molecule has 15 heavy (non-hydrogen) atoms. The molecule has 0 aromatic heterocycles. The van der Waals surface area contributed by atoms with Crippen molar-refractivity contribution in [3.8, 4) is 0 Å². The molecule has 4 nitrogen and oxygen atoms in total.